The summed E-state index contributed by atoms with van der Waals surface area (Å²) in [4.78, 5) is 29.2. The number of carbonyl (C=O) groups is 2. The Morgan fingerprint density at radius 2 is 2.12 bits per heavy atom. The van der Waals surface area contributed by atoms with E-state index in [1.807, 2.05) is 30.5 Å². The van der Waals surface area contributed by atoms with Crippen LogP contribution in [0.25, 0.3) is 5.65 Å². The van der Waals surface area contributed by atoms with E-state index in [2.05, 4.69) is 21.7 Å². The molecule has 1 aliphatic heterocycles. The van der Waals surface area contributed by atoms with Crippen molar-refractivity contribution in [2.45, 2.75) is 58.0 Å². The third-order valence-corrected chi connectivity index (χ3v) is 6.28. The molecule has 4 rings (SSSR count). The maximum absolute atomic E-state index is 14.5. The van der Waals surface area contributed by atoms with E-state index in [0.717, 1.165) is 22.6 Å². The summed E-state index contributed by atoms with van der Waals surface area (Å²) in [6.07, 6.45) is 3.85. The summed E-state index contributed by atoms with van der Waals surface area (Å²) in [5.74, 6) is -0.135. The monoisotopic (exact) mass is 452 g/mol. The molecule has 0 spiro atoms. The first-order valence-corrected chi connectivity index (χ1v) is 11.1. The molecule has 0 radical (unpaired) electrons. The Kier molecular flexibility index (Phi) is 6.35. The summed E-state index contributed by atoms with van der Waals surface area (Å²) in [5.41, 5.74) is 3.71. The van der Waals surface area contributed by atoms with Gasteiger partial charge in [0.15, 0.2) is 0 Å². The minimum Gasteiger partial charge on any atom is -0.497 e. The lowest BCUT2D eigenvalue weighted by atomic mass is 9.84. The molecule has 0 saturated carbocycles. The first-order valence-electron chi connectivity index (χ1n) is 11.1. The van der Waals surface area contributed by atoms with Crippen LogP contribution in [0.2, 0.25) is 0 Å². The number of methoxy groups -OCH3 is 1. The summed E-state index contributed by atoms with van der Waals surface area (Å²) >= 11 is 0. The third kappa shape index (κ3) is 5.16. The van der Waals surface area contributed by atoms with E-state index in [1.165, 1.54) is 13.2 Å². The topological polar surface area (TPSA) is 84.7 Å². The number of amides is 2. The number of pyridine rings is 1. The molecule has 2 amide bonds. The Morgan fingerprint density at radius 3 is 2.82 bits per heavy atom. The number of hydrogen-bond donors (Lipinski definition) is 2. The second-order valence-electron chi connectivity index (χ2n) is 8.87. The van der Waals surface area contributed by atoms with Crippen LogP contribution in [0.1, 0.15) is 48.2 Å². The number of nitrogens with zero attached hydrogens (tertiary/aromatic N) is 2. The van der Waals surface area contributed by atoms with Crippen molar-refractivity contribution < 1.29 is 18.7 Å². The van der Waals surface area contributed by atoms with Gasteiger partial charge in [0, 0.05) is 36.3 Å². The molecule has 1 aromatic carbocycles. The minimum atomic E-state index is -0.637. The zero-order chi connectivity index (χ0) is 23.6. The van der Waals surface area contributed by atoms with Crippen LogP contribution in [0.4, 0.5) is 4.39 Å². The van der Waals surface area contributed by atoms with Gasteiger partial charge in [0.2, 0.25) is 11.8 Å². The van der Waals surface area contributed by atoms with Gasteiger partial charge in [-0.15, -0.1) is 0 Å². The highest BCUT2D eigenvalue weighted by molar-refractivity contribution is 5.80. The summed E-state index contributed by atoms with van der Waals surface area (Å²) in [6.45, 7) is 4.37. The van der Waals surface area contributed by atoms with E-state index >= 15 is 0 Å². The van der Waals surface area contributed by atoms with Gasteiger partial charge in [0.25, 0.3) is 0 Å². The van der Waals surface area contributed by atoms with Crippen molar-refractivity contribution in [2.24, 2.45) is 0 Å². The first-order chi connectivity index (χ1) is 15.8. The molecule has 8 heteroatoms. The van der Waals surface area contributed by atoms with Gasteiger partial charge in [0.05, 0.1) is 19.3 Å². The van der Waals surface area contributed by atoms with Crippen molar-refractivity contribution in [1.29, 1.82) is 0 Å². The number of aromatic nitrogens is 2. The van der Waals surface area contributed by atoms with Crippen molar-refractivity contribution in [2.75, 3.05) is 7.11 Å². The molecule has 7 nitrogen and oxygen atoms in total. The number of aryl methyl sites for hydroxylation is 2. The van der Waals surface area contributed by atoms with Crippen molar-refractivity contribution in [3.8, 4) is 5.75 Å². The highest BCUT2D eigenvalue weighted by Gasteiger charge is 2.38. The normalized spacial score (nSPS) is 17.9. The average molecular weight is 453 g/mol. The molecule has 2 N–H and O–H groups in total. The van der Waals surface area contributed by atoms with Crippen LogP contribution in [0.3, 0.4) is 0 Å². The van der Waals surface area contributed by atoms with E-state index in [0.29, 0.717) is 43.5 Å². The van der Waals surface area contributed by atoms with E-state index in [1.54, 1.807) is 12.1 Å². The maximum Gasteiger partial charge on any atom is 0.220 e. The fourth-order valence-electron chi connectivity index (χ4n) is 4.53. The van der Waals surface area contributed by atoms with Gasteiger partial charge in [0.1, 0.15) is 17.2 Å². The molecule has 33 heavy (non-hydrogen) atoms. The average Bonchev–Trinajstić information content (AvgIpc) is 3.36. The number of carbonyl (C=O) groups excluding carboxylic acids is 2. The van der Waals surface area contributed by atoms with E-state index in [4.69, 9.17) is 4.74 Å². The van der Waals surface area contributed by atoms with Gasteiger partial charge in [-0.3, -0.25) is 9.59 Å². The van der Waals surface area contributed by atoms with Gasteiger partial charge >= 0.3 is 0 Å². The number of fused-ring (bicyclic) bond motifs is 1. The van der Waals surface area contributed by atoms with Gasteiger partial charge in [-0.2, -0.15) is 0 Å². The van der Waals surface area contributed by atoms with Crippen molar-refractivity contribution >= 4 is 17.5 Å². The lowest BCUT2D eigenvalue weighted by Gasteiger charge is -2.29. The third-order valence-electron chi connectivity index (χ3n) is 6.28. The highest BCUT2D eigenvalue weighted by atomic mass is 19.1. The van der Waals surface area contributed by atoms with Crippen LogP contribution in [0, 0.1) is 19.7 Å². The number of ether oxygens (including phenoxy) is 1. The smallest absolute Gasteiger partial charge is 0.220 e. The van der Waals surface area contributed by atoms with Crippen molar-refractivity contribution in [3.05, 3.63) is 64.9 Å². The summed E-state index contributed by atoms with van der Waals surface area (Å²) in [5, 5.41) is 5.92. The number of hydrogen-bond acceptors (Lipinski definition) is 4. The Morgan fingerprint density at radius 1 is 1.30 bits per heavy atom. The summed E-state index contributed by atoms with van der Waals surface area (Å²) in [7, 11) is 1.49. The van der Waals surface area contributed by atoms with Crippen molar-refractivity contribution in [3.63, 3.8) is 0 Å². The molecule has 2 aromatic heterocycles. The van der Waals surface area contributed by atoms with Crippen LogP contribution in [0.15, 0.2) is 36.5 Å². The highest BCUT2D eigenvalue weighted by Crippen LogP contribution is 2.31. The number of imidazole rings is 1. The second kappa shape index (κ2) is 9.21. The standard InChI is InChI=1S/C25H29FN4O3/c1-16-10-17(2)30-15-19(28-22(30)11-16)14-27-23(31)6-8-25(9-7-24(32)29-25)13-18-4-5-20(33-3)12-21(18)26/h4-5,10-12,15H,6-9,13-14H2,1-3H3,(H,27,31)(H,29,32). The molecule has 0 bridgehead atoms. The number of nitrogens with one attached hydrogen (secondary N) is 2. The van der Waals surface area contributed by atoms with Crippen LogP contribution in [-0.2, 0) is 22.6 Å². The second-order valence-corrected chi connectivity index (χ2v) is 8.87. The van der Waals surface area contributed by atoms with Gasteiger partial charge < -0.3 is 19.8 Å². The molecule has 3 aromatic rings. The number of halogens is 1. The fourth-order valence-corrected chi connectivity index (χ4v) is 4.53. The molecule has 1 aliphatic rings. The Hall–Kier alpha value is -3.42. The van der Waals surface area contributed by atoms with Crippen molar-refractivity contribution in [1.82, 2.24) is 20.0 Å². The predicted molar refractivity (Wildman–Crippen MR) is 123 cm³/mol. The van der Waals surface area contributed by atoms with E-state index in [9.17, 15) is 14.0 Å². The Balaban J connectivity index is 1.38. The SMILES string of the molecule is COc1ccc(CC2(CCC(=O)NCc3cn4c(C)cc(C)cc4n3)CCC(=O)N2)c(F)c1. The largest absolute Gasteiger partial charge is 0.497 e. The first kappa shape index (κ1) is 22.8. The lowest BCUT2D eigenvalue weighted by Crippen LogP contribution is -2.44. The minimum absolute atomic E-state index is 0.0697. The predicted octanol–water partition coefficient (Wildman–Crippen LogP) is 3.39. The van der Waals surface area contributed by atoms with Crippen LogP contribution in [0.5, 0.6) is 5.75 Å². The number of rotatable bonds is 8. The molecule has 1 unspecified atom stereocenters. The quantitative estimate of drug-likeness (QED) is 0.549. The van der Waals surface area contributed by atoms with Gasteiger partial charge in [-0.25, -0.2) is 9.37 Å². The molecule has 0 aliphatic carbocycles. The van der Waals surface area contributed by atoms with Gasteiger partial charge in [-0.1, -0.05) is 6.07 Å². The maximum atomic E-state index is 14.5. The summed E-state index contributed by atoms with van der Waals surface area (Å²) < 4.78 is 21.6. The molecule has 1 atom stereocenters. The Labute approximate surface area is 192 Å². The molecular formula is C25H29FN4O3. The molecule has 1 saturated heterocycles. The van der Waals surface area contributed by atoms with Gasteiger partial charge in [-0.05, 0) is 62.4 Å². The Bertz CT molecular complexity index is 1210. The van der Waals surface area contributed by atoms with Crippen LogP contribution >= 0.6 is 0 Å². The zero-order valence-corrected chi connectivity index (χ0v) is 19.2. The number of benzene rings is 1. The van der Waals surface area contributed by atoms with Crippen LogP contribution < -0.4 is 15.4 Å². The van der Waals surface area contributed by atoms with E-state index < -0.39 is 5.54 Å². The molecule has 1 fully saturated rings. The van der Waals surface area contributed by atoms with E-state index in [-0.39, 0.29) is 24.1 Å². The zero-order valence-electron chi connectivity index (χ0n) is 19.2. The molecule has 3 heterocycles. The fraction of sp³-hybridized carbons (Fsp3) is 0.400. The lowest BCUT2D eigenvalue weighted by molar-refractivity contribution is -0.122. The summed E-state index contributed by atoms with van der Waals surface area (Å²) in [6, 6.07) is 8.80. The molecule has 174 valence electrons. The molecular weight excluding hydrogens is 423 g/mol. The van der Waals surface area contributed by atoms with Crippen LogP contribution in [-0.4, -0.2) is 33.8 Å².